The van der Waals surface area contributed by atoms with Gasteiger partial charge in [-0.1, -0.05) is 18.5 Å². The van der Waals surface area contributed by atoms with Crippen molar-refractivity contribution in [2.75, 3.05) is 18.1 Å². The van der Waals surface area contributed by atoms with Gasteiger partial charge in [0.15, 0.2) is 0 Å². The van der Waals surface area contributed by atoms with Crippen LogP contribution < -0.4 is 4.90 Å². The van der Waals surface area contributed by atoms with Crippen LogP contribution in [-0.2, 0) is 0 Å². The van der Waals surface area contributed by atoms with E-state index in [0.717, 1.165) is 18.8 Å². The minimum absolute atomic E-state index is 0.137. The molecular weight excluding hydrogens is 214 g/mol. The number of rotatable bonds is 2. The second-order valence-electron chi connectivity index (χ2n) is 3.91. The lowest BCUT2D eigenvalue weighted by Crippen LogP contribution is -2.35. The Hall–Kier alpha value is -0.870. The van der Waals surface area contributed by atoms with Crippen molar-refractivity contribution in [2.24, 2.45) is 5.92 Å². The number of nitrogens with zero attached hydrogens (tertiary/aromatic N) is 3. The number of anilines is 1. The van der Waals surface area contributed by atoms with E-state index in [1.54, 1.807) is 6.20 Å². The van der Waals surface area contributed by atoms with E-state index >= 15 is 0 Å². The highest BCUT2D eigenvalue weighted by atomic mass is 35.5. The lowest BCUT2D eigenvalue weighted by Gasteiger charge is -2.25. The van der Waals surface area contributed by atoms with Gasteiger partial charge in [-0.05, 0) is 12.3 Å². The van der Waals surface area contributed by atoms with E-state index in [4.69, 9.17) is 11.6 Å². The summed E-state index contributed by atoms with van der Waals surface area (Å²) >= 11 is 5.79. The van der Waals surface area contributed by atoms with Gasteiger partial charge in [0.05, 0.1) is 25.0 Å². The summed E-state index contributed by atoms with van der Waals surface area (Å²) in [5, 5.41) is 9.71. The van der Waals surface area contributed by atoms with Crippen molar-refractivity contribution in [2.45, 2.75) is 19.4 Å². The van der Waals surface area contributed by atoms with Crippen molar-refractivity contribution in [3.05, 3.63) is 17.5 Å². The molecule has 1 aromatic heterocycles. The zero-order valence-electron chi connectivity index (χ0n) is 8.60. The fourth-order valence-corrected chi connectivity index (χ4v) is 2.18. The predicted octanol–water partition coefficient (Wildman–Crippen LogP) is 1.34. The molecule has 2 rings (SSSR count). The lowest BCUT2D eigenvalue weighted by molar-refractivity contribution is 0.244. The maximum Gasteiger partial charge on any atom is 0.149 e. The Kier molecular flexibility index (Phi) is 3.07. The largest absolute Gasteiger partial charge is 0.394 e. The molecule has 2 atom stereocenters. The highest BCUT2D eigenvalue weighted by Crippen LogP contribution is 2.28. The van der Waals surface area contributed by atoms with Crippen LogP contribution in [0.15, 0.2) is 12.4 Å². The third-order valence-corrected chi connectivity index (χ3v) is 3.14. The predicted molar refractivity (Wildman–Crippen MR) is 59.0 cm³/mol. The molecule has 0 aliphatic carbocycles. The SMILES string of the molecule is CC1CCN(c2cncc(Cl)n2)C1CO. The first-order chi connectivity index (χ1) is 7.22. The van der Waals surface area contributed by atoms with Crippen molar-refractivity contribution >= 4 is 17.4 Å². The Morgan fingerprint density at radius 2 is 2.40 bits per heavy atom. The molecule has 5 heteroatoms. The van der Waals surface area contributed by atoms with Gasteiger partial charge in [-0.3, -0.25) is 4.98 Å². The van der Waals surface area contributed by atoms with Crippen LogP contribution in [0.3, 0.4) is 0 Å². The molecular formula is C10H14ClN3O. The fourth-order valence-electron chi connectivity index (χ4n) is 2.04. The van der Waals surface area contributed by atoms with Gasteiger partial charge in [0.2, 0.25) is 0 Å². The van der Waals surface area contributed by atoms with E-state index in [9.17, 15) is 5.11 Å². The average molecular weight is 228 g/mol. The molecule has 0 radical (unpaired) electrons. The molecule has 1 aliphatic rings. The molecule has 0 saturated carbocycles. The Bertz CT molecular complexity index is 347. The van der Waals surface area contributed by atoms with Crippen molar-refractivity contribution in [3.8, 4) is 0 Å². The van der Waals surface area contributed by atoms with E-state index in [1.165, 1.54) is 6.20 Å². The van der Waals surface area contributed by atoms with Gasteiger partial charge in [0.1, 0.15) is 11.0 Å². The smallest absolute Gasteiger partial charge is 0.149 e. The molecule has 4 nitrogen and oxygen atoms in total. The maximum absolute atomic E-state index is 9.31. The van der Waals surface area contributed by atoms with Crippen molar-refractivity contribution in [3.63, 3.8) is 0 Å². The molecule has 1 aliphatic heterocycles. The number of hydrogen-bond donors (Lipinski definition) is 1. The Morgan fingerprint density at radius 1 is 1.60 bits per heavy atom. The third kappa shape index (κ3) is 2.06. The van der Waals surface area contributed by atoms with Gasteiger partial charge in [-0.25, -0.2) is 4.98 Å². The van der Waals surface area contributed by atoms with Crippen molar-refractivity contribution < 1.29 is 5.11 Å². The molecule has 1 N–H and O–H groups in total. The van der Waals surface area contributed by atoms with Gasteiger partial charge in [0, 0.05) is 6.54 Å². The maximum atomic E-state index is 9.31. The summed E-state index contributed by atoms with van der Waals surface area (Å²) in [6.07, 6.45) is 4.27. The lowest BCUT2D eigenvalue weighted by atomic mass is 10.0. The first-order valence-electron chi connectivity index (χ1n) is 5.07. The normalized spacial score (nSPS) is 25.9. The highest BCUT2D eigenvalue weighted by Gasteiger charge is 2.31. The summed E-state index contributed by atoms with van der Waals surface area (Å²) < 4.78 is 0. The average Bonchev–Trinajstić information content (AvgIpc) is 2.59. The van der Waals surface area contributed by atoms with Crippen molar-refractivity contribution in [1.29, 1.82) is 0 Å². The van der Waals surface area contributed by atoms with Gasteiger partial charge in [0.25, 0.3) is 0 Å². The Labute approximate surface area is 93.9 Å². The monoisotopic (exact) mass is 227 g/mol. The zero-order valence-corrected chi connectivity index (χ0v) is 9.35. The number of hydrogen-bond acceptors (Lipinski definition) is 4. The van der Waals surface area contributed by atoms with Crippen LogP contribution >= 0.6 is 11.6 Å². The van der Waals surface area contributed by atoms with E-state index in [0.29, 0.717) is 11.1 Å². The molecule has 0 aromatic carbocycles. The minimum atomic E-state index is 0.137. The Balaban J connectivity index is 2.23. The number of aliphatic hydroxyl groups is 1. The third-order valence-electron chi connectivity index (χ3n) is 2.96. The molecule has 2 unspecified atom stereocenters. The van der Waals surface area contributed by atoms with E-state index in [-0.39, 0.29) is 12.6 Å². The van der Waals surface area contributed by atoms with Crippen LogP contribution in [0.5, 0.6) is 0 Å². The summed E-state index contributed by atoms with van der Waals surface area (Å²) in [6.45, 7) is 3.19. The van der Waals surface area contributed by atoms with Crippen LogP contribution in [0.4, 0.5) is 5.82 Å². The van der Waals surface area contributed by atoms with Crippen LogP contribution in [0.2, 0.25) is 5.15 Å². The quantitative estimate of drug-likeness (QED) is 0.829. The second-order valence-corrected chi connectivity index (χ2v) is 4.30. The molecule has 0 amide bonds. The Morgan fingerprint density at radius 3 is 3.07 bits per heavy atom. The molecule has 0 bridgehead atoms. The summed E-state index contributed by atoms with van der Waals surface area (Å²) in [7, 11) is 0. The van der Waals surface area contributed by atoms with Crippen LogP contribution in [0, 0.1) is 5.92 Å². The molecule has 0 spiro atoms. The van der Waals surface area contributed by atoms with Gasteiger partial charge >= 0.3 is 0 Å². The molecule has 1 saturated heterocycles. The first-order valence-corrected chi connectivity index (χ1v) is 5.45. The summed E-state index contributed by atoms with van der Waals surface area (Å²) in [6, 6.07) is 0.137. The summed E-state index contributed by atoms with van der Waals surface area (Å²) in [5.74, 6) is 1.24. The first kappa shape index (κ1) is 10.6. The second kappa shape index (κ2) is 4.33. The standard InChI is InChI=1S/C10H14ClN3O/c1-7-2-3-14(8(7)6-15)10-5-12-4-9(11)13-10/h4-5,7-8,15H,2-3,6H2,1H3. The van der Waals surface area contributed by atoms with E-state index in [1.807, 2.05) is 0 Å². The fraction of sp³-hybridized carbons (Fsp3) is 0.600. The molecule has 15 heavy (non-hydrogen) atoms. The van der Waals surface area contributed by atoms with Crippen LogP contribution in [-0.4, -0.2) is 34.3 Å². The van der Waals surface area contributed by atoms with E-state index in [2.05, 4.69) is 21.8 Å². The van der Waals surface area contributed by atoms with Crippen molar-refractivity contribution in [1.82, 2.24) is 9.97 Å². The molecule has 1 fully saturated rings. The highest BCUT2D eigenvalue weighted by molar-refractivity contribution is 6.29. The number of aromatic nitrogens is 2. The van der Waals surface area contributed by atoms with Gasteiger partial charge in [-0.15, -0.1) is 0 Å². The number of halogens is 1. The van der Waals surface area contributed by atoms with Gasteiger partial charge < -0.3 is 10.0 Å². The summed E-state index contributed by atoms with van der Waals surface area (Å²) in [5.41, 5.74) is 0. The molecule has 1 aromatic rings. The van der Waals surface area contributed by atoms with Gasteiger partial charge in [-0.2, -0.15) is 0 Å². The van der Waals surface area contributed by atoms with E-state index < -0.39 is 0 Å². The molecule has 82 valence electrons. The van der Waals surface area contributed by atoms with Crippen LogP contribution in [0.1, 0.15) is 13.3 Å². The zero-order chi connectivity index (χ0) is 10.8. The topological polar surface area (TPSA) is 49.2 Å². The number of aliphatic hydroxyl groups excluding tert-OH is 1. The summed E-state index contributed by atoms with van der Waals surface area (Å²) in [4.78, 5) is 10.3. The van der Waals surface area contributed by atoms with Crippen LogP contribution in [0.25, 0.3) is 0 Å². The minimum Gasteiger partial charge on any atom is -0.394 e. The molecule has 2 heterocycles.